The summed E-state index contributed by atoms with van der Waals surface area (Å²) in [6.07, 6.45) is 2.06. The van der Waals surface area contributed by atoms with Gasteiger partial charge >= 0.3 is 6.09 Å². The van der Waals surface area contributed by atoms with Gasteiger partial charge in [0.15, 0.2) is 0 Å². The molecule has 2 heterocycles. The zero-order chi connectivity index (χ0) is 24.9. The fraction of sp³-hybridized carbons (Fsp3) is 0.385. The zero-order valence-corrected chi connectivity index (χ0v) is 20.0. The maximum absolute atomic E-state index is 13.2. The summed E-state index contributed by atoms with van der Waals surface area (Å²) in [6.45, 7) is 4.63. The van der Waals surface area contributed by atoms with Gasteiger partial charge < -0.3 is 25.7 Å². The standard InChI is InChI=1S/C26H31N5O4/c1-16(2)22(27)25(33)28-15-17-9-7-8-14-31(17)26(34)35-21-13-6-4-11-19(21)23-29-20-12-5-3-10-18(20)24(32)30-23/h3-6,10-13,16-17,22H,7-9,14-15,27H2,1-2H3,(H,28,33)(H,29,30,32)/t17?,22-/m0/s1. The van der Waals surface area contributed by atoms with Crippen molar-refractivity contribution in [3.63, 3.8) is 0 Å². The minimum atomic E-state index is -0.595. The maximum Gasteiger partial charge on any atom is 0.415 e. The van der Waals surface area contributed by atoms with E-state index in [0.29, 0.717) is 41.1 Å². The van der Waals surface area contributed by atoms with Crippen molar-refractivity contribution < 1.29 is 14.3 Å². The Morgan fingerprint density at radius 3 is 2.71 bits per heavy atom. The van der Waals surface area contributed by atoms with Crippen molar-refractivity contribution in [2.24, 2.45) is 11.7 Å². The topological polar surface area (TPSA) is 130 Å². The van der Waals surface area contributed by atoms with Gasteiger partial charge in [0.05, 0.1) is 28.6 Å². The van der Waals surface area contributed by atoms with Gasteiger partial charge in [0.25, 0.3) is 5.56 Å². The number of likely N-dealkylation sites (tertiary alicyclic amines) is 1. The summed E-state index contributed by atoms with van der Waals surface area (Å²) in [5.74, 6) is 0.415. The molecule has 184 valence electrons. The Labute approximate surface area is 203 Å². The van der Waals surface area contributed by atoms with Crippen LogP contribution in [0.15, 0.2) is 53.3 Å². The van der Waals surface area contributed by atoms with E-state index in [-0.39, 0.29) is 23.4 Å². The van der Waals surface area contributed by atoms with Crippen LogP contribution in [0.4, 0.5) is 4.79 Å². The first-order valence-corrected chi connectivity index (χ1v) is 12.0. The van der Waals surface area contributed by atoms with Gasteiger partial charge in [-0.15, -0.1) is 0 Å². The lowest BCUT2D eigenvalue weighted by molar-refractivity contribution is -0.123. The Morgan fingerprint density at radius 1 is 1.17 bits per heavy atom. The molecule has 1 aromatic heterocycles. The van der Waals surface area contributed by atoms with Crippen molar-refractivity contribution in [3.8, 4) is 17.1 Å². The van der Waals surface area contributed by atoms with Crippen LogP contribution in [0, 0.1) is 5.92 Å². The molecule has 0 bridgehead atoms. The molecule has 35 heavy (non-hydrogen) atoms. The lowest BCUT2D eigenvalue weighted by Crippen LogP contribution is -2.53. The average molecular weight is 478 g/mol. The third kappa shape index (κ3) is 5.51. The molecule has 9 heteroatoms. The molecule has 4 N–H and O–H groups in total. The van der Waals surface area contributed by atoms with E-state index in [1.807, 2.05) is 19.9 Å². The van der Waals surface area contributed by atoms with Gasteiger partial charge in [0.2, 0.25) is 5.91 Å². The highest BCUT2D eigenvalue weighted by Crippen LogP contribution is 2.29. The fourth-order valence-corrected chi connectivity index (χ4v) is 4.21. The maximum atomic E-state index is 13.2. The van der Waals surface area contributed by atoms with E-state index >= 15 is 0 Å². The number of hydrogen-bond acceptors (Lipinski definition) is 6. The first-order chi connectivity index (χ1) is 16.8. The van der Waals surface area contributed by atoms with E-state index < -0.39 is 12.1 Å². The Morgan fingerprint density at radius 2 is 1.91 bits per heavy atom. The second kappa shape index (κ2) is 10.7. The quantitative estimate of drug-likeness (QED) is 0.500. The molecule has 1 saturated heterocycles. The number of fused-ring (bicyclic) bond motifs is 1. The first kappa shape index (κ1) is 24.4. The molecule has 4 rings (SSSR count). The van der Waals surface area contributed by atoms with Gasteiger partial charge in [-0.1, -0.05) is 38.1 Å². The first-order valence-electron chi connectivity index (χ1n) is 12.0. The van der Waals surface area contributed by atoms with Crippen molar-refractivity contribution in [3.05, 3.63) is 58.9 Å². The summed E-state index contributed by atoms with van der Waals surface area (Å²) < 4.78 is 5.80. The number of aromatic amines is 1. The second-order valence-corrected chi connectivity index (χ2v) is 9.15. The molecule has 3 aromatic rings. The van der Waals surface area contributed by atoms with Crippen LogP contribution in [0.5, 0.6) is 5.75 Å². The molecule has 2 amide bonds. The van der Waals surface area contributed by atoms with Crippen LogP contribution in [0.2, 0.25) is 0 Å². The van der Waals surface area contributed by atoms with Crippen molar-refractivity contribution in [1.29, 1.82) is 0 Å². The smallest absolute Gasteiger partial charge is 0.409 e. The largest absolute Gasteiger partial charge is 0.415 e. The van der Waals surface area contributed by atoms with Crippen LogP contribution in [0.1, 0.15) is 33.1 Å². The summed E-state index contributed by atoms with van der Waals surface area (Å²) in [4.78, 5) is 47.1. The normalized spacial score (nSPS) is 16.8. The highest BCUT2D eigenvalue weighted by Gasteiger charge is 2.30. The van der Waals surface area contributed by atoms with Gasteiger partial charge in [-0.2, -0.15) is 0 Å². The summed E-state index contributed by atoms with van der Waals surface area (Å²) in [5.41, 5.74) is 6.74. The lowest BCUT2D eigenvalue weighted by atomic mass is 10.0. The molecule has 0 radical (unpaired) electrons. The van der Waals surface area contributed by atoms with Gasteiger partial charge in [-0.3, -0.25) is 9.59 Å². The molecule has 1 aliphatic heterocycles. The Bertz CT molecular complexity index is 1270. The number of hydrogen-bond donors (Lipinski definition) is 3. The molecule has 1 fully saturated rings. The number of nitrogens with one attached hydrogen (secondary N) is 2. The third-order valence-corrected chi connectivity index (χ3v) is 6.35. The molecule has 2 atom stereocenters. The third-order valence-electron chi connectivity index (χ3n) is 6.35. The summed E-state index contributed by atoms with van der Waals surface area (Å²) >= 11 is 0. The number of para-hydroxylation sites is 2. The number of rotatable bonds is 6. The van der Waals surface area contributed by atoms with Crippen LogP contribution in [0.3, 0.4) is 0 Å². The average Bonchev–Trinajstić information content (AvgIpc) is 2.87. The SMILES string of the molecule is CC(C)[C@H](N)C(=O)NCC1CCCCN1C(=O)Oc1ccccc1-c1nc2ccccc2c(=O)[nH]1. The number of nitrogens with zero attached hydrogens (tertiary/aromatic N) is 2. The van der Waals surface area contributed by atoms with Crippen molar-refractivity contribution >= 4 is 22.9 Å². The van der Waals surface area contributed by atoms with Gasteiger partial charge in [0.1, 0.15) is 11.6 Å². The molecule has 9 nitrogen and oxygen atoms in total. The molecule has 1 unspecified atom stereocenters. The van der Waals surface area contributed by atoms with E-state index in [1.54, 1.807) is 47.4 Å². The van der Waals surface area contributed by atoms with E-state index in [2.05, 4.69) is 15.3 Å². The zero-order valence-electron chi connectivity index (χ0n) is 20.0. The summed E-state index contributed by atoms with van der Waals surface area (Å²) in [7, 11) is 0. The molecular formula is C26H31N5O4. The van der Waals surface area contributed by atoms with Crippen LogP contribution >= 0.6 is 0 Å². The Kier molecular flexibility index (Phi) is 7.45. The predicted molar refractivity (Wildman–Crippen MR) is 134 cm³/mol. The van der Waals surface area contributed by atoms with Crippen LogP contribution in [-0.2, 0) is 4.79 Å². The van der Waals surface area contributed by atoms with Crippen molar-refractivity contribution in [1.82, 2.24) is 20.2 Å². The monoisotopic (exact) mass is 477 g/mol. The number of aromatic nitrogens is 2. The summed E-state index contributed by atoms with van der Waals surface area (Å²) in [5, 5.41) is 3.37. The van der Waals surface area contributed by atoms with Gasteiger partial charge in [0, 0.05) is 13.1 Å². The van der Waals surface area contributed by atoms with Crippen molar-refractivity contribution in [2.45, 2.75) is 45.2 Å². The van der Waals surface area contributed by atoms with Gasteiger partial charge in [-0.25, -0.2) is 9.78 Å². The minimum absolute atomic E-state index is 0.0223. The Balaban J connectivity index is 1.53. The van der Waals surface area contributed by atoms with E-state index in [4.69, 9.17) is 10.5 Å². The molecule has 1 aliphatic rings. The van der Waals surface area contributed by atoms with Gasteiger partial charge in [-0.05, 0) is 49.4 Å². The molecular weight excluding hydrogens is 446 g/mol. The number of benzene rings is 2. The Hall–Kier alpha value is -3.72. The van der Waals surface area contributed by atoms with E-state index in [1.165, 1.54) is 0 Å². The number of carbonyl (C=O) groups is 2. The number of ether oxygens (including phenoxy) is 1. The molecule has 0 spiro atoms. The van der Waals surface area contributed by atoms with Crippen LogP contribution in [0.25, 0.3) is 22.3 Å². The number of amides is 2. The predicted octanol–water partition coefficient (Wildman–Crippen LogP) is 3.04. The van der Waals surface area contributed by atoms with Crippen molar-refractivity contribution in [2.75, 3.05) is 13.1 Å². The number of nitrogens with two attached hydrogens (primary N) is 1. The van der Waals surface area contributed by atoms with Crippen LogP contribution < -0.4 is 21.3 Å². The number of H-pyrrole nitrogens is 1. The van der Waals surface area contributed by atoms with E-state index in [9.17, 15) is 14.4 Å². The number of piperidine rings is 1. The molecule has 0 aliphatic carbocycles. The minimum Gasteiger partial charge on any atom is -0.409 e. The molecule has 2 aromatic carbocycles. The highest BCUT2D eigenvalue weighted by atomic mass is 16.6. The fourth-order valence-electron chi connectivity index (χ4n) is 4.21. The lowest BCUT2D eigenvalue weighted by Gasteiger charge is -2.35. The second-order valence-electron chi connectivity index (χ2n) is 9.15. The highest BCUT2D eigenvalue weighted by molar-refractivity contribution is 5.82. The number of carbonyl (C=O) groups excluding carboxylic acids is 2. The summed E-state index contributed by atoms with van der Waals surface area (Å²) in [6, 6.07) is 13.2. The molecule has 0 saturated carbocycles. The van der Waals surface area contributed by atoms with E-state index in [0.717, 1.165) is 19.3 Å². The van der Waals surface area contributed by atoms with Crippen LogP contribution in [-0.4, -0.2) is 52.0 Å².